The molecule has 1 aromatic rings. The largest absolute Gasteiger partial charge is 0.381 e. The lowest BCUT2D eigenvalue weighted by Gasteiger charge is -2.37. The molecule has 0 amide bonds. The third-order valence-electron chi connectivity index (χ3n) is 5.77. The van der Waals surface area contributed by atoms with Gasteiger partial charge in [0.15, 0.2) is 0 Å². The molecule has 0 atom stereocenters. The Bertz CT molecular complexity index is 561. The molecule has 3 aliphatic rings. The number of nitrogens with zero attached hydrogens (tertiary/aromatic N) is 5. The first-order valence-electron chi connectivity index (χ1n) is 9.93. The lowest BCUT2D eigenvalue weighted by Crippen LogP contribution is -2.48. The zero-order valence-electron chi connectivity index (χ0n) is 15.5. The molecule has 0 bridgehead atoms. The lowest BCUT2D eigenvalue weighted by molar-refractivity contribution is 0.0517. The SMILES string of the molecule is Cc1cc(N2CCCC2)nc(N2CCN(CC3CCOCC3)CC2)n1. The van der Waals surface area contributed by atoms with Gasteiger partial charge < -0.3 is 14.5 Å². The van der Waals surface area contributed by atoms with Gasteiger partial charge in [-0.25, -0.2) is 4.98 Å². The predicted octanol–water partition coefficient (Wildman–Crippen LogP) is 1.93. The topological polar surface area (TPSA) is 44.7 Å². The smallest absolute Gasteiger partial charge is 0.227 e. The van der Waals surface area contributed by atoms with Crippen molar-refractivity contribution in [1.82, 2.24) is 14.9 Å². The number of piperazine rings is 1. The van der Waals surface area contributed by atoms with Gasteiger partial charge in [-0.15, -0.1) is 0 Å². The van der Waals surface area contributed by atoms with Crippen LogP contribution >= 0.6 is 0 Å². The van der Waals surface area contributed by atoms with Crippen molar-refractivity contribution in [3.8, 4) is 0 Å². The Morgan fingerprint density at radius 1 is 0.960 bits per heavy atom. The van der Waals surface area contributed by atoms with Crippen molar-refractivity contribution in [2.45, 2.75) is 32.6 Å². The summed E-state index contributed by atoms with van der Waals surface area (Å²) in [5.41, 5.74) is 1.08. The number of aryl methyl sites for hydroxylation is 1. The highest BCUT2D eigenvalue weighted by molar-refractivity contribution is 5.46. The summed E-state index contributed by atoms with van der Waals surface area (Å²) in [6.45, 7) is 11.8. The molecule has 4 heterocycles. The molecule has 3 saturated heterocycles. The first-order chi connectivity index (χ1) is 12.3. The van der Waals surface area contributed by atoms with E-state index in [0.29, 0.717) is 0 Å². The molecule has 4 rings (SSSR count). The van der Waals surface area contributed by atoms with E-state index in [9.17, 15) is 0 Å². The molecule has 0 spiro atoms. The Labute approximate surface area is 151 Å². The molecule has 3 fully saturated rings. The van der Waals surface area contributed by atoms with Crippen LogP contribution < -0.4 is 9.80 Å². The van der Waals surface area contributed by atoms with Crippen LogP contribution in [0.4, 0.5) is 11.8 Å². The number of anilines is 2. The number of aromatic nitrogens is 2. The van der Waals surface area contributed by atoms with Gasteiger partial charge in [-0.2, -0.15) is 4.98 Å². The van der Waals surface area contributed by atoms with E-state index in [0.717, 1.165) is 75.9 Å². The molecule has 6 nitrogen and oxygen atoms in total. The highest BCUT2D eigenvalue weighted by atomic mass is 16.5. The number of rotatable bonds is 4. The predicted molar refractivity (Wildman–Crippen MR) is 100 cm³/mol. The summed E-state index contributed by atoms with van der Waals surface area (Å²) in [5, 5.41) is 0. The molecule has 3 aliphatic heterocycles. The first kappa shape index (κ1) is 17.0. The molecule has 138 valence electrons. The minimum Gasteiger partial charge on any atom is -0.381 e. The van der Waals surface area contributed by atoms with Crippen LogP contribution in [0.1, 0.15) is 31.4 Å². The van der Waals surface area contributed by atoms with E-state index in [1.165, 1.54) is 32.2 Å². The van der Waals surface area contributed by atoms with Crippen molar-refractivity contribution in [3.63, 3.8) is 0 Å². The summed E-state index contributed by atoms with van der Waals surface area (Å²) < 4.78 is 5.48. The maximum atomic E-state index is 5.48. The van der Waals surface area contributed by atoms with Crippen LogP contribution in [-0.4, -0.2) is 73.9 Å². The van der Waals surface area contributed by atoms with E-state index in [-0.39, 0.29) is 0 Å². The molecule has 25 heavy (non-hydrogen) atoms. The number of hydrogen-bond acceptors (Lipinski definition) is 6. The monoisotopic (exact) mass is 345 g/mol. The average molecular weight is 345 g/mol. The molecule has 0 radical (unpaired) electrons. The fourth-order valence-corrected chi connectivity index (χ4v) is 4.21. The van der Waals surface area contributed by atoms with Crippen LogP contribution in [0.25, 0.3) is 0 Å². The Morgan fingerprint density at radius 3 is 2.40 bits per heavy atom. The normalized spacial score (nSPS) is 23.4. The van der Waals surface area contributed by atoms with E-state index in [1.807, 2.05) is 0 Å². The minimum atomic E-state index is 0.817. The average Bonchev–Trinajstić information content (AvgIpc) is 3.17. The maximum Gasteiger partial charge on any atom is 0.227 e. The number of ether oxygens (including phenoxy) is 1. The Balaban J connectivity index is 1.35. The Kier molecular flexibility index (Phi) is 5.36. The molecular weight excluding hydrogens is 314 g/mol. The second kappa shape index (κ2) is 7.87. The van der Waals surface area contributed by atoms with E-state index < -0.39 is 0 Å². The number of hydrogen-bond donors (Lipinski definition) is 0. The van der Waals surface area contributed by atoms with Crippen molar-refractivity contribution in [2.75, 3.05) is 68.8 Å². The van der Waals surface area contributed by atoms with Gasteiger partial charge in [-0.1, -0.05) is 0 Å². The molecule has 6 heteroatoms. The Morgan fingerprint density at radius 2 is 1.68 bits per heavy atom. The molecule has 1 aromatic heterocycles. The second-order valence-corrected chi connectivity index (χ2v) is 7.71. The molecular formula is C19H31N5O. The zero-order chi connectivity index (χ0) is 17.1. The first-order valence-corrected chi connectivity index (χ1v) is 9.93. The summed E-state index contributed by atoms with van der Waals surface area (Å²) in [4.78, 5) is 17.0. The minimum absolute atomic E-state index is 0.817. The van der Waals surface area contributed by atoms with E-state index in [4.69, 9.17) is 14.7 Å². The summed E-state index contributed by atoms with van der Waals surface area (Å²) in [6, 6.07) is 2.14. The standard InChI is InChI=1S/C19H31N5O/c1-16-14-18(23-6-2-3-7-23)21-19(20-16)24-10-8-22(9-11-24)15-17-4-12-25-13-5-17/h14,17H,2-13,15H2,1H3. The molecule has 0 aromatic carbocycles. The van der Waals surface area contributed by atoms with Crippen molar-refractivity contribution in [3.05, 3.63) is 11.8 Å². The summed E-state index contributed by atoms with van der Waals surface area (Å²) in [6.07, 6.45) is 5.01. The fraction of sp³-hybridized carbons (Fsp3) is 0.789. The second-order valence-electron chi connectivity index (χ2n) is 7.71. The zero-order valence-corrected chi connectivity index (χ0v) is 15.5. The van der Waals surface area contributed by atoms with Crippen molar-refractivity contribution >= 4 is 11.8 Å². The van der Waals surface area contributed by atoms with Gasteiger partial charge in [0.05, 0.1) is 0 Å². The third-order valence-corrected chi connectivity index (χ3v) is 5.77. The van der Waals surface area contributed by atoms with Gasteiger partial charge in [0.25, 0.3) is 0 Å². The highest BCUT2D eigenvalue weighted by Crippen LogP contribution is 2.23. The maximum absolute atomic E-state index is 5.48. The summed E-state index contributed by atoms with van der Waals surface area (Å²) >= 11 is 0. The molecule has 0 unspecified atom stereocenters. The van der Waals surface area contributed by atoms with Crippen LogP contribution in [-0.2, 0) is 4.74 Å². The van der Waals surface area contributed by atoms with Gasteiger partial charge in [-0.3, -0.25) is 4.90 Å². The van der Waals surface area contributed by atoms with Crippen molar-refractivity contribution < 1.29 is 4.74 Å². The molecule has 0 aliphatic carbocycles. The quantitative estimate of drug-likeness (QED) is 0.831. The summed E-state index contributed by atoms with van der Waals surface area (Å²) in [5.74, 6) is 2.86. The van der Waals surface area contributed by atoms with Crippen LogP contribution in [0.5, 0.6) is 0 Å². The van der Waals surface area contributed by atoms with Gasteiger partial charge >= 0.3 is 0 Å². The van der Waals surface area contributed by atoms with E-state index in [1.54, 1.807) is 0 Å². The Hall–Kier alpha value is -1.40. The van der Waals surface area contributed by atoms with E-state index in [2.05, 4.69) is 27.7 Å². The van der Waals surface area contributed by atoms with Crippen LogP contribution in [0, 0.1) is 12.8 Å². The summed E-state index contributed by atoms with van der Waals surface area (Å²) in [7, 11) is 0. The van der Waals surface area contributed by atoms with Gasteiger partial charge in [-0.05, 0) is 38.5 Å². The van der Waals surface area contributed by atoms with Gasteiger partial charge in [0.2, 0.25) is 5.95 Å². The lowest BCUT2D eigenvalue weighted by atomic mass is 9.99. The van der Waals surface area contributed by atoms with Crippen LogP contribution in [0.2, 0.25) is 0 Å². The van der Waals surface area contributed by atoms with E-state index >= 15 is 0 Å². The molecule has 0 saturated carbocycles. The van der Waals surface area contributed by atoms with Crippen molar-refractivity contribution in [2.24, 2.45) is 5.92 Å². The highest BCUT2D eigenvalue weighted by Gasteiger charge is 2.24. The fourth-order valence-electron chi connectivity index (χ4n) is 4.21. The molecule has 0 N–H and O–H groups in total. The van der Waals surface area contributed by atoms with Gasteiger partial charge in [0.1, 0.15) is 5.82 Å². The third kappa shape index (κ3) is 4.23. The van der Waals surface area contributed by atoms with Crippen molar-refractivity contribution in [1.29, 1.82) is 0 Å². The van der Waals surface area contributed by atoms with Crippen LogP contribution in [0.15, 0.2) is 6.07 Å². The van der Waals surface area contributed by atoms with Crippen LogP contribution in [0.3, 0.4) is 0 Å². The van der Waals surface area contributed by atoms with Gasteiger partial charge in [0, 0.05) is 70.8 Å².